The zero-order valence-corrected chi connectivity index (χ0v) is 23.9. The lowest BCUT2D eigenvalue weighted by Gasteiger charge is -2.34. The van der Waals surface area contributed by atoms with Gasteiger partial charge in [-0.3, -0.25) is 19.6 Å². The first-order valence-electron chi connectivity index (χ1n) is 14.7. The molecule has 4 heterocycles. The highest BCUT2D eigenvalue weighted by Crippen LogP contribution is 2.35. The summed E-state index contributed by atoms with van der Waals surface area (Å²) in [5.41, 5.74) is 6.45. The van der Waals surface area contributed by atoms with Crippen LogP contribution in [-0.2, 0) is 30.5 Å². The number of aryl methyl sites for hydroxylation is 1. The Kier molecular flexibility index (Phi) is 8.14. The number of halogens is 3. The van der Waals surface area contributed by atoms with Crippen LogP contribution in [0.1, 0.15) is 52.3 Å². The van der Waals surface area contributed by atoms with Gasteiger partial charge in [0.1, 0.15) is 5.71 Å². The van der Waals surface area contributed by atoms with Crippen molar-refractivity contribution < 1.29 is 18.0 Å². The van der Waals surface area contributed by atoms with E-state index in [9.17, 15) is 18.0 Å². The first-order valence-corrected chi connectivity index (χ1v) is 14.7. The number of pyridine rings is 1. The molecule has 220 valence electrons. The number of hydrogen-bond acceptors (Lipinski definition) is 5. The van der Waals surface area contributed by atoms with Crippen LogP contribution < -0.4 is 0 Å². The lowest BCUT2D eigenvalue weighted by atomic mass is 9.88. The third-order valence-corrected chi connectivity index (χ3v) is 8.73. The first kappa shape index (κ1) is 28.6. The van der Waals surface area contributed by atoms with Gasteiger partial charge in [-0.2, -0.15) is 13.2 Å². The van der Waals surface area contributed by atoms with Gasteiger partial charge >= 0.3 is 6.18 Å². The Hall–Kier alpha value is -3.56. The molecule has 0 saturated carbocycles. The minimum Gasteiger partial charge on any atom is -0.335 e. The molecule has 2 fully saturated rings. The van der Waals surface area contributed by atoms with E-state index in [1.807, 2.05) is 11.1 Å². The Balaban J connectivity index is 0.979. The van der Waals surface area contributed by atoms with E-state index in [1.165, 1.54) is 23.3 Å². The summed E-state index contributed by atoms with van der Waals surface area (Å²) in [5, 5.41) is 0. The van der Waals surface area contributed by atoms with Crippen molar-refractivity contribution in [3.8, 4) is 0 Å². The molecule has 9 heteroatoms. The number of alkyl halides is 3. The van der Waals surface area contributed by atoms with Gasteiger partial charge in [0.2, 0.25) is 0 Å². The minimum atomic E-state index is -4.33. The Morgan fingerprint density at radius 1 is 0.881 bits per heavy atom. The molecule has 6 nitrogen and oxygen atoms in total. The number of carbonyl (C=O) groups excluding carboxylic acids is 1. The summed E-state index contributed by atoms with van der Waals surface area (Å²) in [6.45, 7) is 8.11. The number of amides is 1. The highest BCUT2D eigenvalue weighted by Gasteiger charge is 2.31. The Morgan fingerprint density at radius 3 is 2.26 bits per heavy atom. The van der Waals surface area contributed by atoms with Crippen LogP contribution in [0.5, 0.6) is 0 Å². The van der Waals surface area contributed by atoms with Crippen molar-refractivity contribution in [2.75, 3.05) is 39.3 Å². The molecule has 0 atom stereocenters. The average molecular weight is 576 g/mol. The maximum atomic E-state index is 13.3. The average Bonchev–Trinajstić information content (AvgIpc) is 3.42. The van der Waals surface area contributed by atoms with Crippen molar-refractivity contribution in [2.24, 2.45) is 4.99 Å². The normalized spacial score (nSPS) is 18.7. The number of aromatic nitrogens is 1. The molecule has 3 aliphatic heterocycles. The van der Waals surface area contributed by atoms with E-state index >= 15 is 0 Å². The van der Waals surface area contributed by atoms with E-state index in [-0.39, 0.29) is 5.91 Å². The first-order chi connectivity index (χ1) is 20.2. The number of likely N-dealkylation sites (tertiary alicyclic amines) is 1. The van der Waals surface area contributed by atoms with Crippen molar-refractivity contribution in [1.82, 2.24) is 19.7 Å². The van der Waals surface area contributed by atoms with E-state index in [2.05, 4.69) is 52.0 Å². The smallest absolute Gasteiger partial charge is 0.335 e. The summed E-state index contributed by atoms with van der Waals surface area (Å²) < 4.78 is 38.5. The maximum absolute atomic E-state index is 13.3. The van der Waals surface area contributed by atoms with E-state index in [0.29, 0.717) is 50.8 Å². The molecule has 0 unspecified atom stereocenters. The number of piperidine rings is 1. The number of rotatable bonds is 6. The van der Waals surface area contributed by atoms with E-state index < -0.39 is 11.7 Å². The van der Waals surface area contributed by atoms with Crippen LogP contribution in [0.4, 0.5) is 18.9 Å². The second-order valence-corrected chi connectivity index (χ2v) is 11.8. The molecule has 0 bridgehead atoms. The molecule has 2 saturated heterocycles. The number of benzene rings is 2. The van der Waals surface area contributed by atoms with Crippen LogP contribution in [0.25, 0.3) is 0 Å². The van der Waals surface area contributed by atoms with Crippen molar-refractivity contribution >= 4 is 17.3 Å². The van der Waals surface area contributed by atoms with Crippen LogP contribution in [0, 0.1) is 6.92 Å². The van der Waals surface area contributed by atoms with Crippen LogP contribution in [0.15, 0.2) is 65.8 Å². The van der Waals surface area contributed by atoms with Crippen molar-refractivity contribution in [1.29, 1.82) is 0 Å². The standard InChI is InChI=1S/C33H36F3N5O/c1-23-2-8-29(37-20-23)22-39-12-10-25(11-13-39)26-5-9-30-27(18-26)19-31(38-30)32(42)41-16-14-40(15-17-41)21-24-3-6-28(7-4-24)33(34,35)36/h2-9,18,20,25H,10-17,19,21-22H2,1H3. The molecule has 0 aliphatic carbocycles. The number of carbonyl (C=O) groups is 1. The second-order valence-electron chi connectivity index (χ2n) is 11.8. The fourth-order valence-corrected chi connectivity index (χ4v) is 6.19. The second kappa shape index (κ2) is 12.0. The molecule has 2 aromatic carbocycles. The molecule has 3 aliphatic rings. The molecule has 3 aromatic rings. The topological polar surface area (TPSA) is 52.0 Å². The summed E-state index contributed by atoms with van der Waals surface area (Å²) in [6.07, 6.45) is 0.376. The van der Waals surface area contributed by atoms with Gasteiger partial charge in [-0.1, -0.05) is 30.3 Å². The molecule has 0 spiro atoms. The Morgan fingerprint density at radius 2 is 1.60 bits per heavy atom. The number of nitrogens with zero attached hydrogens (tertiary/aromatic N) is 5. The summed E-state index contributed by atoms with van der Waals surface area (Å²) in [5.74, 6) is 0.495. The largest absolute Gasteiger partial charge is 0.416 e. The van der Waals surface area contributed by atoms with Gasteiger partial charge in [0.05, 0.1) is 16.9 Å². The monoisotopic (exact) mass is 575 g/mol. The fourth-order valence-electron chi connectivity index (χ4n) is 6.19. The van der Waals surface area contributed by atoms with E-state index in [4.69, 9.17) is 4.99 Å². The molecular formula is C33H36F3N5O. The van der Waals surface area contributed by atoms with Gasteiger partial charge in [0, 0.05) is 51.9 Å². The van der Waals surface area contributed by atoms with Crippen molar-refractivity contribution in [2.45, 2.75) is 51.4 Å². The van der Waals surface area contributed by atoms with E-state index in [0.717, 1.165) is 67.1 Å². The molecule has 1 aromatic heterocycles. The van der Waals surface area contributed by atoms with Crippen LogP contribution in [0.3, 0.4) is 0 Å². The number of fused-ring (bicyclic) bond motifs is 1. The number of hydrogen-bond donors (Lipinski definition) is 0. The maximum Gasteiger partial charge on any atom is 0.416 e. The molecule has 42 heavy (non-hydrogen) atoms. The lowest BCUT2D eigenvalue weighted by molar-refractivity contribution is -0.137. The number of aliphatic imine (C=N–C) groups is 1. The molecule has 6 rings (SSSR count). The molecular weight excluding hydrogens is 539 g/mol. The van der Waals surface area contributed by atoms with Gasteiger partial charge in [-0.25, -0.2) is 4.99 Å². The van der Waals surface area contributed by atoms with Gasteiger partial charge in [0.25, 0.3) is 5.91 Å². The fraction of sp³-hybridized carbons (Fsp3) is 0.424. The van der Waals surface area contributed by atoms with E-state index in [1.54, 1.807) is 0 Å². The quantitative estimate of drug-likeness (QED) is 0.375. The minimum absolute atomic E-state index is 0.0139. The molecule has 0 N–H and O–H groups in total. The summed E-state index contributed by atoms with van der Waals surface area (Å²) in [6, 6.07) is 16.1. The van der Waals surface area contributed by atoms with Gasteiger partial charge in [-0.15, -0.1) is 0 Å². The summed E-state index contributed by atoms with van der Waals surface area (Å²) in [7, 11) is 0. The van der Waals surface area contributed by atoms with Gasteiger partial charge in [-0.05, 0) is 85.3 Å². The molecule has 1 amide bonds. The Bertz CT molecular complexity index is 1440. The van der Waals surface area contributed by atoms with Crippen molar-refractivity contribution in [3.63, 3.8) is 0 Å². The zero-order valence-electron chi connectivity index (χ0n) is 23.9. The summed E-state index contributed by atoms with van der Waals surface area (Å²) in [4.78, 5) is 29.1. The molecule has 0 radical (unpaired) electrons. The van der Waals surface area contributed by atoms with Gasteiger partial charge in [0.15, 0.2) is 0 Å². The summed E-state index contributed by atoms with van der Waals surface area (Å²) >= 11 is 0. The third kappa shape index (κ3) is 6.57. The third-order valence-electron chi connectivity index (χ3n) is 8.73. The predicted molar refractivity (Wildman–Crippen MR) is 157 cm³/mol. The highest BCUT2D eigenvalue weighted by atomic mass is 19.4. The van der Waals surface area contributed by atoms with Gasteiger partial charge < -0.3 is 4.90 Å². The highest BCUT2D eigenvalue weighted by molar-refractivity contribution is 6.40. The zero-order chi connectivity index (χ0) is 29.3. The Labute approximate surface area is 244 Å². The van der Waals surface area contributed by atoms with Crippen LogP contribution in [-0.4, -0.2) is 70.6 Å². The predicted octanol–water partition coefficient (Wildman–Crippen LogP) is 5.76. The number of piperazine rings is 1. The van der Waals surface area contributed by atoms with Crippen molar-refractivity contribution in [3.05, 3.63) is 94.3 Å². The lowest BCUT2D eigenvalue weighted by Crippen LogP contribution is -2.50. The SMILES string of the molecule is Cc1ccc(CN2CCC(c3ccc4c(c3)CC(C(=O)N3CCN(Cc5ccc(C(F)(F)F)cc5)CC3)=N4)CC2)nc1. The van der Waals surface area contributed by atoms with Crippen LogP contribution in [0.2, 0.25) is 0 Å². The van der Waals surface area contributed by atoms with Crippen LogP contribution >= 0.6 is 0 Å².